The minimum absolute atomic E-state index is 0.0501. The number of unbranched alkanes of at least 4 members (excludes halogenated alkanes) is 2. The van der Waals surface area contributed by atoms with E-state index < -0.39 is 5.97 Å². The van der Waals surface area contributed by atoms with E-state index in [4.69, 9.17) is 4.74 Å². The average molecular weight is 424 g/mol. The molecule has 0 spiro atoms. The minimum atomic E-state index is -0.409. The Bertz CT molecular complexity index is 704. The SMILES string of the molecule is CCCCCN(C(=O)CN1CCCCCCC1=O)c1nc(C)c(C(=O)OCC)s1. The van der Waals surface area contributed by atoms with Crippen LogP contribution in [0.3, 0.4) is 0 Å². The first kappa shape index (κ1) is 23.3. The normalized spacial score (nSPS) is 15.0. The Balaban J connectivity index is 2.18. The van der Waals surface area contributed by atoms with Gasteiger partial charge in [-0.1, -0.05) is 43.9 Å². The number of likely N-dealkylation sites (tertiary alicyclic amines) is 1. The van der Waals surface area contributed by atoms with Crippen molar-refractivity contribution in [3.63, 3.8) is 0 Å². The molecule has 0 bridgehead atoms. The summed E-state index contributed by atoms with van der Waals surface area (Å²) in [5.41, 5.74) is 0.569. The molecule has 8 heteroatoms. The molecular formula is C21H33N3O4S. The number of carbonyl (C=O) groups excluding carboxylic acids is 3. The number of aromatic nitrogens is 1. The van der Waals surface area contributed by atoms with Gasteiger partial charge in [-0.15, -0.1) is 0 Å². The van der Waals surface area contributed by atoms with Crippen molar-refractivity contribution in [2.45, 2.75) is 72.1 Å². The van der Waals surface area contributed by atoms with Crippen LogP contribution in [0.15, 0.2) is 0 Å². The number of amides is 2. The predicted octanol–water partition coefficient (Wildman–Crippen LogP) is 3.94. The van der Waals surface area contributed by atoms with Gasteiger partial charge in [0.05, 0.1) is 12.3 Å². The highest BCUT2D eigenvalue weighted by molar-refractivity contribution is 7.17. The highest BCUT2D eigenvalue weighted by Gasteiger charge is 2.26. The fourth-order valence-corrected chi connectivity index (χ4v) is 4.37. The average Bonchev–Trinajstić information content (AvgIpc) is 3.06. The first-order valence-electron chi connectivity index (χ1n) is 10.7. The molecule has 7 nitrogen and oxygen atoms in total. The Hall–Kier alpha value is -1.96. The molecule has 1 fully saturated rings. The zero-order chi connectivity index (χ0) is 21.2. The van der Waals surface area contributed by atoms with E-state index in [0.29, 0.717) is 41.8 Å². The van der Waals surface area contributed by atoms with Crippen LogP contribution in [0.1, 0.15) is 80.6 Å². The van der Waals surface area contributed by atoms with Crippen LogP contribution in [0, 0.1) is 6.92 Å². The van der Waals surface area contributed by atoms with Gasteiger partial charge in [0.1, 0.15) is 11.4 Å². The number of esters is 1. The Morgan fingerprint density at radius 3 is 2.66 bits per heavy atom. The molecule has 162 valence electrons. The summed E-state index contributed by atoms with van der Waals surface area (Å²) in [7, 11) is 0. The Kier molecular flexibility index (Phi) is 9.57. The van der Waals surface area contributed by atoms with Crippen LogP contribution >= 0.6 is 11.3 Å². The number of ether oxygens (including phenoxy) is 1. The van der Waals surface area contributed by atoms with Crippen molar-refractivity contribution >= 4 is 34.3 Å². The maximum Gasteiger partial charge on any atom is 0.350 e. The Labute approximate surface area is 177 Å². The van der Waals surface area contributed by atoms with Crippen LogP contribution in [0.4, 0.5) is 5.13 Å². The largest absolute Gasteiger partial charge is 0.462 e. The molecule has 2 rings (SSSR count). The van der Waals surface area contributed by atoms with Gasteiger partial charge in [-0.3, -0.25) is 14.5 Å². The summed E-state index contributed by atoms with van der Waals surface area (Å²) in [6.45, 7) is 7.14. The van der Waals surface area contributed by atoms with E-state index in [-0.39, 0.29) is 18.4 Å². The van der Waals surface area contributed by atoms with E-state index in [2.05, 4.69) is 11.9 Å². The molecule has 0 aliphatic carbocycles. The van der Waals surface area contributed by atoms with Crippen LogP contribution < -0.4 is 4.90 Å². The second-order valence-electron chi connectivity index (χ2n) is 7.36. The Morgan fingerprint density at radius 1 is 1.17 bits per heavy atom. The van der Waals surface area contributed by atoms with Gasteiger partial charge in [0.2, 0.25) is 11.8 Å². The lowest BCUT2D eigenvalue weighted by atomic mass is 10.1. The standard InChI is InChI=1S/C21H33N3O4S/c1-4-6-10-14-24(21-22-16(3)19(29-21)20(27)28-5-2)18(26)15-23-13-11-8-7-9-12-17(23)25/h4-15H2,1-3H3. The Morgan fingerprint density at radius 2 is 1.93 bits per heavy atom. The van der Waals surface area contributed by atoms with Gasteiger partial charge in [-0.2, -0.15) is 0 Å². The summed E-state index contributed by atoms with van der Waals surface area (Å²) in [5, 5.41) is 0.506. The van der Waals surface area contributed by atoms with Crippen LogP contribution in [-0.2, 0) is 14.3 Å². The summed E-state index contributed by atoms with van der Waals surface area (Å²) in [6.07, 6.45) is 7.38. The third-order valence-electron chi connectivity index (χ3n) is 5.01. The number of rotatable bonds is 9. The lowest BCUT2D eigenvalue weighted by Crippen LogP contribution is -2.44. The number of nitrogens with zero attached hydrogens (tertiary/aromatic N) is 3. The lowest BCUT2D eigenvalue weighted by Gasteiger charge is -2.27. The topological polar surface area (TPSA) is 79.8 Å². The number of hydrogen-bond acceptors (Lipinski definition) is 6. The molecule has 1 aliphatic heterocycles. The molecule has 0 aromatic carbocycles. The van der Waals surface area contributed by atoms with E-state index >= 15 is 0 Å². The molecular weight excluding hydrogens is 390 g/mol. The zero-order valence-electron chi connectivity index (χ0n) is 17.9. The van der Waals surface area contributed by atoms with Crippen molar-refractivity contribution in [2.75, 3.05) is 31.1 Å². The maximum atomic E-state index is 13.1. The van der Waals surface area contributed by atoms with Gasteiger partial charge in [-0.25, -0.2) is 9.78 Å². The van der Waals surface area contributed by atoms with Gasteiger partial charge in [0.15, 0.2) is 5.13 Å². The van der Waals surface area contributed by atoms with Gasteiger partial charge in [0, 0.05) is 19.5 Å². The monoisotopic (exact) mass is 423 g/mol. The first-order valence-corrected chi connectivity index (χ1v) is 11.5. The van der Waals surface area contributed by atoms with Crippen molar-refractivity contribution in [2.24, 2.45) is 0 Å². The van der Waals surface area contributed by atoms with Crippen molar-refractivity contribution in [3.05, 3.63) is 10.6 Å². The van der Waals surface area contributed by atoms with Crippen LogP contribution in [0.2, 0.25) is 0 Å². The van der Waals surface area contributed by atoms with Crippen molar-refractivity contribution in [1.82, 2.24) is 9.88 Å². The second-order valence-corrected chi connectivity index (χ2v) is 8.34. The quantitative estimate of drug-likeness (QED) is 0.444. The van der Waals surface area contributed by atoms with Crippen molar-refractivity contribution in [3.8, 4) is 0 Å². The minimum Gasteiger partial charge on any atom is -0.462 e. The van der Waals surface area contributed by atoms with E-state index in [9.17, 15) is 14.4 Å². The fourth-order valence-electron chi connectivity index (χ4n) is 3.36. The molecule has 2 heterocycles. The molecule has 1 saturated heterocycles. The van der Waals surface area contributed by atoms with Gasteiger partial charge in [0.25, 0.3) is 0 Å². The van der Waals surface area contributed by atoms with E-state index in [1.165, 1.54) is 11.3 Å². The predicted molar refractivity (Wildman–Crippen MR) is 114 cm³/mol. The van der Waals surface area contributed by atoms with E-state index in [1.54, 1.807) is 23.6 Å². The molecule has 1 aliphatic rings. The molecule has 0 N–H and O–H groups in total. The molecule has 0 atom stereocenters. The smallest absolute Gasteiger partial charge is 0.350 e. The summed E-state index contributed by atoms with van der Waals surface area (Å²) in [5.74, 6) is -0.498. The number of thiazole rings is 1. The number of carbonyl (C=O) groups is 3. The highest BCUT2D eigenvalue weighted by Crippen LogP contribution is 2.28. The summed E-state index contributed by atoms with van der Waals surface area (Å²) >= 11 is 1.19. The third kappa shape index (κ3) is 6.80. The van der Waals surface area contributed by atoms with Crippen LogP contribution in [0.25, 0.3) is 0 Å². The molecule has 0 radical (unpaired) electrons. The number of aryl methyl sites for hydroxylation is 1. The summed E-state index contributed by atoms with van der Waals surface area (Å²) < 4.78 is 5.10. The molecule has 2 amide bonds. The number of anilines is 1. The molecule has 1 aromatic rings. The van der Waals surface area contributed by atoms with Crippen LogP contribution in [-0.4, -0.2) is 53.9 Å². The van der Waals surface area contributed by atoms with Gasteiger partial charge >= 0.3 is 5.97 Å². The van der Waals surface area contributed by atoms with Gasteiger partial charge in [-0.05, 0) is 33.1 Å². The molecule has 0 saturated carbocycles. The maximum absolute atomic E-state index is 13.1. The summed E-state index contributed by atoms with van der Waals surface area (Å²) in [6, 6.07) is 0. The highest BCUT2D eigenvalue weighted by atomic mass is 32.1. The molecule has 0 unspecified atom stereocenters. The fraction of sp³-hybridized carbons (Fsp3) is 0.714. The first-order chi connectivity index (χ1) is 14.0. The lowest BCUT2D eigenvalue weighted by molar-refractivity contribution is -0.135. The zero-order valence-corrected chi connectivity index (χ0v) is 18.7. The molecule has 1 aromatic heterocycles. The second kappa shape index (κ2) is 11.9. The van der Waals surface area contributed by atoms with Crippen molar-refractivity contribution < 1.29 is 19.1 Å². The van der Waals surface area contributed by atoms with Gasteiger partial charge < -0.3 is 9.64 Å². The van der Waals surface area contributed by atoms with E-state index in [1.807, 2.05) is 0 Å². The molecule has 29 heavy (non-hydrogen) atoms. The third-order valence-corrected chi connectivity index (χ3v) is 6.17. The van der Waals surface area contributed by atoms with E-state index in [0.717, 1.165) is 44.9 Å². The van der Waals surface area contributed by atoms with Crippen LogP contribution in [0.5, 0.6) is 0 Å². The summed E-state index contributed by atoms with van der Waals surface area (Å²) in [4.78, 5) is 46.0. The number of hydrogen-bond donors (Lipinski definition) is 0. The van der Waals surface area contributed by atoms with Crippen molar-refractivity contribution in [1.29, 1.82) is 0 Å².